The highest BCUT2D eigenvalue weighted by Crippen LogP contribution is 2.11. The maximum Gasteiger partial charge on any atom is 0.326 e. The van der Waals surface area contributed by atoms with Crippen LogP contribution in [0, 0.1) is 17.8 Å². The molecule has 0 rings (SSSR count). The summed E-state index contributed by atoms with van der Waals surface area (Å²) in [5, 5.41) is 17.4. The van der Waals surface area contributed by atoms with E-state index in [4.69, 9.17) is 11.5 Å². The minimum absolute atomic E-state index is 0.106. The van der Waals surface area contributed by atoms with Gasteiger partial charge in [-0.2, -0.15) is 0 Å². The number of nitrogens with one attached hydrogen (secondary N) is 3. The second kappa shape index (κ2) is 14.8. The Morgan fingerprint density at radius 2 is 1.38 bits per heavy atom. The molecular formula is C22H43N5O5. The molecule has 0 aromatic rings. The van der Waals surface area contributed by atoms with E-state index >= 15 is 0 Å². The van der Waals surface area contributed by atoms with Crippen LogP contribution in [-0.2, 0) is 19.2 Å². The van der Waals surface area contributed by atoms with Gasteiger partial charge in [0.05, 0.1) is 6.04 Å². The van der Waals surface area contributed by atoms with Crippen LogP contribution in [0.1, 0.15) is 67.2 Å². The number of rotatable bonds is 15. The maximum absolute atomic E-state index is 13.0. The van der Waals surface area contributed by atoms with E-state index in [0.29, 0.717) is 32.2 Å². The quantitative estimate of drug-likeness (QED) is 0.192. The maximum atomic E-state index is 13.0. The third kappa shape index (κ3) is 9.95. The molecule has 10 nitrogen and oxygen atoms in total. The lowest BCUT2D eigenvalue weighted by Gasteiger charge is -2.28. The molecule has 0 aliphatic carbocycles. The van der Waals surface area contributed by atoms with Gasteiger partial charge in [-0.05, 0) is 43.6 Å². The summed E-state index contributed by atoms with van der Waals surface area (Å²) in [6.07, 6.45) is 2.20. The Kier molecular flexibility index (Phi) is 13.8. The summed E-state index contributed by atoms with van der Waals surface area (Å²) in [4.78, 5) is 49.8. The molecule has 0 fully saturated rings. The standard InChI is InChI=1S/C22H43N5O5/c1-7-14(6)18(22(31)32)27-21(30)17(13(4)5)26-19(28)15(10-8-9-11-23)25-20(29)16(24)12(2)3/h12-18H,7-11,23-24H2,1-6H3,(H,25,29)(H,26,28)(H,27,30)(H,31,32). The molecule has 0 saturated carbocycles. The number of hydrogen-bond donors (Lipinski definition) is 6. The summed E-state index contributed by atoms with van der Waals surface area (Å²) in [6, 6.07) is -3.66. The number of nitrogens with two attached hydrogens (primary N) is 2. The molecule has 3 amide bonds. The van der Waals surface area contributed by atoms with E-state index in [1.165, 1.54) is 0 Å². The molecule has 0 saturated heterocycles. The number of carboxylic acid groups (broad SMARTS) is 1. The molecule has 0 heterocycles. The van der Waals surface area contributed by atoms with Crippen molar-refractivity contribution < 1.29 is 24.3 Å². The summed E-state index contributed by atoms with van der Waals surface area (Å²) < 4.78 is 0. The Bertz CT molecular complexity index is 626. The van der Waals surface area contributed by atoms with Gasteiger partial charge in [-0.3, -0.25) is 14.4 Å². The van der Waals surface area contributed by atoms with Crippen LogP contribution in [0.5, 0.6) is 0 Å². The molecule has 0 spiro atoms. The fourth-order valence-corrected chi connectivity index (χ4v) is 3.05. The molecule has 10 heteroatoms. The van der Waals surface area contributed by atoms with Crippen LogP contribution in [0.25, 0.3) is 0 Å². The molecule has 0 radical (unpaired) electrons. The first-order chi connectivity index (χ1) is 14.9. The first kappa shape index (κ1) is 29.8. The molecule has 8 N–H and O–H groups in total. The number of amides is 3. The van der Waals surface area contributed by atoms with Crippen molar-refractivity contribution in [3.8, 4) is 0 Å². The molecule has 5 unspecified atom stereocenters. The van der Waals surface area contributed by atoms with Gasteiger partial charge in [0.15, 0.2) is 0 Å². The summed E-state index contributed by atoms with van der Waals surface area (Å²) in [6.45, 7) is 11.2. The molecule has 0 bridgehead atoms. The summed E-state index contributed by atoms with van der Waals surface area (Å²) >= 11 is 0. The lowest BCUT2D eigenvalue weighted by atomic mass is 9.97. The largest absolute Gasteiger partial charge is 0.480 e. The Balaban J connectivity index is 5.47. The van der Waals surface area contributed by atoms with Gasteiger partial charge in [0.1, 0.15) is 18.1 Å². The first-order valence-electron chi connectivity index (χ1n) is 11.5. The van der Waals surface area contributed by atoms with Crippen molar-refractivity contribution in [1.29, 1.82) is 0 Å². The minimum Gasteiger partial charge on any atom is -0.480 e. The second-order valence-corrected chi connectivity index (χ2v) is 9.06. The Morgan fingerprint density at radius 3 is 1.81 bits per heavy atom. The fourth-order valence-electron chi connectivity index (χ4n) is 3.05. The average molecular weight is 458 g/mol. The van der Waals surface area contributed by atoms with E-state index in [1.807, 2.05) is 20.8 Å². The number of hydrogen-bond acceptors (Lipinski definition) is 6. The van der Waals surface area contributed by atoms with Crippen molar-refractivity contribution in [2.24, 2.45) is 29.2 Å². The number of aliphatic carboxylic acids is 1. The van der Waals surface area contributed by atoms with Crippen molar-refractivity contribution in [3.05, 3.63) is 0 Å². The molecule has 0 aromatic heterocycles. The predicted molar refractivity (Wildman–Crippen MR) is 123 cm³/mol. The number of carboxylic acids is 1. The van der Waals surface area contributed by atoms with E-state index in [9.17, 15) is 24.3 Å². The predicted octanol–water partition coefficient (Wildman–Crippen LogP) is 0.340. The Morgan fingerprint density at radius 1 is 0.812 bits per heavy atom. The topological polar surface area (TPSA) is 177 Å². The van der Waals surface area contributed by atoms with E-state index in [-0.39, 0.29) is 17.8 Å². The fraction of sp³-hybridized carbons (Fsp3) is 0.818. The average Bonchev–Trinajstić information content (AvgIpc) is 2.72. The zero-order chi connectivity index (χ0) is 25.0. The van der Waals surface area contributed by atoms with E-state index in [1.54, 1.807) is 20.8 Å². The normalized spacial score (nSPS) is 16.1. The van der Waals surface area contributed by atoms with Gasteiger partial charge in [0.2, 0.25) is 17.7 Å². The van der Waals surface area contributed by atoms with Crippen molar-refractivity contribution in [1.82, 2.24) is 16.0 Å². The van der Waals surface area contributed by atoms with Crippen LogP contribution in [0.4, 0.5) is 0 Å². The van der Waals surface area contributed by atoms with E-state index in [2.05, 4.69) is 16.0 Å². The Hall–Kier alpha value is -2.20. The summed E-state index contributed by atoms with van der Waals surface area (Å²) in [5.74, 6) is -3.35. The molecule has 0 aliphatic rings. The van der Waals surface area contributed by atoms with Gasteiger partial charge in [-0.25, -0.2) is 4.79 Å². The molecule has 32 heavy (non-hydrogen) atoms. The minimum atomic E-state index is -1.13. The highest BCUT2D eigenvalue weighted by atomic mass is 16.4. The first-order valence-corrected chi connectivity index (χ1v) is 11.5. The highest BCUT2D eigenvalue weighted by molar-refractivity contribution is 5.94. The van der Waals surface area contributed by atoms with Crippen molar-refractivity contribution in [2.45, 2.75) is 91.4 Å². The van der Waals surface area contributed by atoms with Crippen LogP contribution in [0.2, 0.25) is 0 Å². The van der Waals surface area contributed by atoms with Crippen molar-refractivity contribution >= 4 is 23.7 Å². The molecule has 5 atom stereocenters. The van der Waals surface area contributed by atoms with Crippen LogP contribution < -0.4 is 27.4 Å². The highest BCUT2D eigenvalue weighted by Gasteiger charge is 2.33. The van der Waals surface area contributed by atoms with Gasteiger partial charge in [-0.1, -0.05) is 48.0 Å². The van der Waals surface area contributed by atoms with Crippen LogP contribution >= 0.6 is 0 Å². The van der Waals surface area contributed by atoms with Crippen LogP contribution in [0.15, 0.2) is 0 Å². The van der Waals surface area contributed by atoms with Crippen molar-refractivity contribution in [2.75, 3.05) is 6.54 Å². The number of carbonyl (C=O) groups excluding carboxylic acids is 3. The number of unbranched alkanes of at least 4 members (excludes halogenated alkanes) is 1. The van der Waals surface area contributed by atoms with Gasteiger partial charge >= 0.3 is 5.97 Å². The van der Waals surface area contributed by atoms with Gasteiger partial charge in [0.25, 0.3) is 0 Å². The second-order valence-electron chi connectivity index (χ2n) is 9.06. The smallest absolute Gasteiger partial charge is 0.326 e. The lowest BCUT2D eigenvalue weighted by molar-refractivity contribution is -0.144. The lowest BCUT2D eigenvalue weighted by Crippen LogP contribution is -2.59. The van der Waals surface area contributed by atoms with Gasteiger partial charge in [-0.15, -0.1) is 0 Å². The van der Waals surface area contributed by atoms with E-state index < -0.39 is 47.9 Å². The van der Waals surface area contributed by atoms with Gasteiger partial charge < -0.3 is 32.5 Å². The monoisotopic (exact) mass is 457 g/mol. The SMILES string of the molecule is CCC(C)C(NC(=O)C(NC(=O)C(CCCCN)NC(=O)C(N)C(C)C)C(C)C)C(=O)O. The molecular weight excluding hydrogens is 414 g/mol. The van der Waals surface area contributed by atoms with Crippen LogP contribution in [0.3, 0.4) is 0 Å². The summed E-state index contributed by atoms with van der Waals surface area (Å²) in [5.41, 5.74) is 11.4. The van der Waals surface area contributed by atoms with Gasteiger partial charge in [0, 0.05) is 0 Å². The Labute approximate surface area is 191 Å². The molecule has 0 aromatic carbocycles. The zero-order valence-electron chi connectivity index (χ0n) is 20.3. The van der Waals surface area contributed by atoms with Crippen LogP contribution in [-0.4, -0.2) is 59.5 Å². The number of carbonyl (C=O) groups is 4. The third-order valence-electron chi connectivity index (χ3n) is 5.62. The van der Waals surface area contributed by atoms with E-state index in [0.717, 1.165) is 0 Å². The summed E-state index contributed by atoms with van der Waals surface area (Å²) in [7, 11) is 0. The molecule has 0 aliphatic heterocycles. The molecule has 186 valence electrons. The zero-order valence-corrected chi connectivity index (χ0v) is 20.3. The third-order valence-corrected chi connectivity index (χ3v) is 5.62. The van der Waals surface area contributed by atoms with Crippen molar-refractivity contribution in [3.63, 3.8) is 0 Å².